The highest BCUT2D eigenvalue weighted by Crippen LogP contribution is 2.26. The van der Waals surface area contributed by atoms with Crippen molar-refractivity contribution in [2.75, 3.05) is 24.3 Å². The van der Waals surface area contributed by atoms with Crippen LogP contribution < -0.4 is 44.5 Å². The fraction of sp³-hybridized carbons (Fsp3) is 0.267. The number of aryl methyl sites for hydroxylation is 6. The van der Waals surface area contributed by atoms with Gasteiger partial charge in [-0.1, -0.05) is 12.1 Å². The molecule has 1 aliphatic heterocycles. The first-order valence-corrected chi connectivity index (χ1v) is 20.2. The molecule has 7 heterocycles. The van der Waals surface area contributed by atoms with Gasteiger partial charge in [0.15, 0.2) is 28.7 Å². The normalized spacial score (nSPS) is 12.3. The number of ether oxygens (including phenoxy) is 3. The van der Waals surface area contributed by atoms with Gasteiger partial charge in [0, 0.05) is 51.4 Å². The first kappa shape index (κ1) is 45.0. The van der Waals surface area contributed by atoms with Gasteiger partial charge in [-0.25, -0.2) is 19.0 Å². The van der Waals surface area contributed by atoms with Gasteiger partial charge >= 0.3 is 0 Å². The lowest BCUT2D eigenvalue weighted by Crippen LogP contribution is -3.00. The van der Waals surface area contributed by atoms with E-state index in [2.05, 4.69) is 35.7 Å². The van der Waals surface area contributed by atoms with E-state index in [4.69, 9.17) is 19.9 Å². The molecule has 0 unspecified atom stereocenters. The minimum absolute atomic E-state index is 0. The molecular formula is C45H46IN12O6-. The molecule has 2 aromatic carbocycles. The number of halogens is 1. The average Bonchev–Trinajstić information content (AvgIpc) is 3.99. The maximum atomic E-state index is 12.8. The molecule has 0 atom stereocenters. The number of nitrogen functional groups attached to an aromatic ring is 1. The number of carbonyl (C=O) groups is 3. The Morgan fingerprint density at radius 3 is 1.66 bits per heavy atom. The summed E-state index contributed by atoms with van der Waals surface area (Å²) in [6.45, 7) is 8.91. The largest absolute Gasteiger partial charge is 1.00 e. The number of amides is 1. The van der Waals surface area contributed by atoms with Crippen LogP contribution in [0.5, 0.6) is 23.3 Å². The quantitative estimate of drug-likeness (QED) is 0.126. The highest BCUT2D eigenvalue weighted by molar-refractivity contribution is 5.97. The second-order valence-electron chi connectivity index (χ2n) is 15.6. The molecule has 64 heavy (non-hydrogen) atoms. The van der Waals surface area contributed by atoms with E-state index in [0.29, 0.717) is 77.2 Å². The zero-order valence-corrected chi connectivity index (χ0v) is 38.2. The van der Waals surface area contributed by atoms with Crippen LogP contribution in [0.4, 0.5) is 11.6 Å². The van der Waals surface area contributed by atoms with Crippen molar-refractivity contribution in [3.05, 3.63) is 130 Å². The maximum Gasteiger partial charge on any atom is 0.237 e. The second kappa shape index (κ2) is 19.2. The number of carbonyl (C=O) groups excluding carboxylic acids is 3. The maximum absolute atomic E-state index is 12.8. The van der Waals surface area contributed by atoms with Crippen LogP contribution in [-0.2, 0) is 36.5 Å². The Bertz CT molecular complexity index is 3020. The summed E-state index contributed by atoms with van der Waals surface area (Å²) in [7, 11) is 3.54. The fourth-order valence-corrected chi connectivity index (χ4v) is 7.09. The number of nitrogens with zero attached hydrogens (tertiary/aromatic N) is 10. The molecule has 18 nitrogen and oxygen atoms in total. The topological polar surface area (TPSA) is 213 Å². The van der Waals surface area contributed by atoms with Crippen LogP contribution in [-0.4, -0.2) is 79.4 Å². The molecule has 1 aliphatic rings. The Hall–Kier alpha value is -7.00. The average molecular weight is 978 g/mol. The van der Waals surface area contributed by atoms with Crippen LogP contribution in [0.15, 0.2) is 85.2 Å². The summed E-state index contributed by atoms with van der Waals surface area (Å²) in [6, 6.07) is 21.8. The first-order chi connectivity index (χ1) is 30.2. The van der Waals surface area contributed by atoms with Crippen LogP contribution in [0, 0.1) is 33.6 Å². The minimum atomic E-state index is -0.0961. The number of hydrogen-bond acceptors (Lipinski definition) is 13. The van der Waals surface area contributed by atoms with Gasteiger partial charge in [0.1, 0.15) is 28.7 Å². The number of hydrogen-bond donors (Lipinski definition) is 2. The van der Waals surface area contributed by atoms with Crippen molar-refractivity contribution < 1.29 is 52.6 Å². The zero-order chi connectivity index (χ0) is 44.4. The number of anilines is 2. The van der Waals surface area contributed by atoms with E-state index < -0.39 is 0 Å². The lowest BCUT2D eigenvalue weighted by atomic mass is 10.0. The summed E-state index contributed by atoms with van der Waals surface area (Å²) in [5, 5.41) is 20.1. The van der Waals surface area contributed by atoms with Gasteiger partial charge < -0.3 is 49.2 Å². The van der Waals surface area contributed by atoms with E-state index in [1.807, 2.05) is 64.1 Å². The number of nitrogens with two attached hydrogens (primary N) is 1. The van der Waals surface area contributed by atoms with Gasteiger partial charge in [0.05, 0.1) is 37.0 Å². The Labute approximate surface area is 384 Å². The van der Waals surface area contributed by atoms with Gasteiger partial charge in [-0.2, -0.15) is 10.2 Å². The molecule has 9 rings (SSSR count). The smallest absolute Gasteiger partial charge is 0.237 e. The van der Waals surface area contributed by atoms with Crippen LogP contribution in [0.25, 0.3) is 11.3 Å². The van der Waals surface area contributed by atoms with Crippen molar-refractivity contribution in [1.82, 2.24) is 48.8 Å². The SMILES string of the molecule is Cc1cc(C(=O)Cc2cc(Oc3ccc4nc(N)cn4n3)ccc2C)n(C)n1.Cc1cc(C(=O)Cc2cc(Oc3ccc4nc(NC(=O)CC5COC5)cn4n3)ccc2C)n(C)n1.[I-]. The molecule has 0 aliphatic carbocycles. The van der Waals surface area contributed by atoms with Crippen LogP contribution in [0.2, 0.25) is 0 Å². The molecule has 1 amide bonds. The summed E-state index contributed by atoms with van der Waals surface area (Å²) < 4.78 is 23.3. The Morgan fingerprint density at radius 2 is 1.19 bits per heavy atom. The van der Waals surface area contributed by atoms with Gasteiger partial charge in [-0.05, 0) is 98.5 Å². The first-order valence-electron chi connectivity index (χ1n) is 20.2. The fourth-order valence-electron chi connectivity index (χ4n) is 7.09. The summed E-state index contributed by atoms with van der Waals surface area (Å²) >= 11 is 0. The summed E-state index contributed by atoms with van der Waals surface area (Å²) in [6.07, 6.45) is 4.19. The summed E-state index contributed by atoms with van der Waals surface area (Å²) in [5.41, 5.74) is 13.5. The number of aromatic nitrogens is 10. The molecule has 3 N–H and O–H groups in total. The molecule has 0 spiro atoms. The lowest BCUT2D eigenvalue weighted by Gasteiger charge is -2.24. The lowest BCUT2D eigenvalue weighted by molar-refractivity contribution is -0.121. The van der Waals surface area contributed by atoms with Crippen LogP contribution >= 0.6 is 0 Å². The number of imidazole rings is 2. The Morgan fingerprint density at radius 1 is 0.688 bits per heavy atom. The Kier molecular flexibility index (Phi) is 13.5. The predicted molar refractivity (Wildman–Crippen MR) is 232 cm³/mol. The Balaban J connectivity index is 0.000000193. The predicted octanol–water partition coefficient (Wildman–Crippen LogP) is 3.16. The number of Topliss-reactive ketones (excluding diaryl/α,β-unsaturated/α-hetero) is 2. The van der Waals surface area contributed by atoms with E-state index >= 15 is 0 Å². The number of fused-ring (bicyclic) bond motifs is 2. The number of nitrogens with one attached hydrogen (secondary N) is 1. The second-order valence-corrected chi connectivity index (χ2v) is 15.6. The van der Waals surface area contributed by atoms with Gasteiger partial charge in [-0.15, -0.1) is 10.2 Å². The number of ketones is 2. The zero-order valence-electron chi connectivity index (χ0n) is 36.1. The third-order valence-corrected chi connectivity index (χ3v) is 10.4. The third-order valence-electron chi connectivity index (χ3n) is 10.4. The van der Waals surface area contributed by atoms with Crippen molar-refractivity contribution >= 4 is 40.4 Å². The van der Waals surface area contributed by atoms with E-state index in [9.17, 15) is 14.4 Å². The summed E-state index contributed by atoms with van der Waals surface area (Å²) in [4.78, 5) is 46.2. The molecule has 1 fully saturated rings. The van der Waals surface area contributed by atoms with Crippen LogP contribution in [0.1, 0.15) is 61.0 Å². The standard InChI is InChI=1S/C25H26N6O4.C20H20N6O2.HI/c1-15-4-5-19(10-18(15)11-21(32)20-8-16(2)28-30(20)3)35-25-7-6-23-26-22(12-31(23)29-25)27-24(33)9-17-13-34-14-17;1-12-4-5-15(28-20-7-6-19-22-18(21)11-26(19)24-20)9-14(12)10-17(27)16-8-13(2)23-25(16)3;/h4-8,10,12,17H,9,11,13-14H2,1-3H3,(H,27,33);4-9,11H,10,21H2,1-3H3;1H/p-1. The van der Waals surface area contributed by atoms with Crippen molar-refractivity contribution in [2.45, 2.75) is 47.0 Å². The van der Waals surface area contributed by atoms with E-state index in [1.54, 1.807) is 81.3 Å². The van der Waals surface area contributed by atoms with E-state index in [-0.39, 0.29) is 60.2 Å². The van der Waals surface area contributed by atoms with E-state index in [0.717, 1.165) is 33.6 Å². The monoisotopic (exact) mass is 977 g/mol. The molecule has 6 aromatic heterocycles. The molecule has 0 radical (unpaired) electrons. The van der Waals surface area contributed by atoms with Crippen molar-refractivity contribution in [3.8, 4) is 23.3 Å². The molecule has 8 aromatic rings. The minimum Gasteiger partial charge on any atom is -1.00 e. The third kappa shape index (κ3) is 10.6. The van der Waals surface area contributed by atoms with Crippen molar-refractivity contribution in [3.63, 3.8) is 0 Å². The van der Waals surface area contributed by atoms with Gasteiger partial charge in [0.25, 0.3) is 0 Å². The molecule has 1 saturated heterocycles. The van der Waals surface area contributed by atoms with Gasteiger partial charge in [0.2, 0.25) is 17.7 Å². The molecule has 0 saturated carbocycles. The van der Waals surface area contributed by atoms with Crippen molar-refractivity contribution in [1.29, 1.82) is 0 Å². The molecule has 19 heteroatoms. The number of rotatable bonds is 13. The highest BCUT2D eigenvalue weighted by atomic mass is 127. The molecule has 330 valence electrons. The van der Waals surface area contributed by atoms with Gasteiger partial charge in [-0.3, -0.25) is 23.7 Å². The van der Waals surface area contributed by atoms with E-state index in [1.165, 1.54) is 0 Å². The van der Waals surface area contributed by atoms with Crippen LogP contribution in [0.3, 0.4) is 0 Å². The molecular weight excluding hydrogens is 931 g/mol. The highest BCUT2D eigenvalue weighted by Gasteiger charge is 2.22. The summed E-state index contributed by atoms with van der Waals surface area (Å²) in [5.74, 6) is 2.96. The molecule has 0 bridgehead atoms. The van der Waals surface area contributed by atoms with Crippen molar-refractivity contribution in [2.24, 2.45) is 20.0 Å². The number of benzene rings is 2.